The van der Waals surface area contributed by atoms with Crippen LogP contribution in [0.5, 0.6) is 11.5 Å². The van der Waals surface area contributed by atoms with Crippen molar-refractivity contribution in [2.75, 3.05) is 32.9 Å². The van der Waals surface area contributed by atoms with Crippen LogP contribution < -0.4 is 20.5 Å². The maximum Gasteiger partial charge on any atom is 0.161 e. The zero-order valence-electron chi connectivity index (χ0n) is 12.6. The standard InChI is InChI=1S/C16H24N2O3/c1-16(5-2-6-21-16)11-18-13(10-17)12-3-4-14-15(9-12)20-8-7-19-14/h3-4,9,13,18H,2,5-8,10-11,17H2,1H3. The smallest absolute Gasteiger partial charge is 0.161 e. The largest absolute Gasteiger partial charge is 0.486 e. The van der Waals surface area contributed by atoms with Crippen LogP contribution in [-0.4, -0.2) is 38.5 Å². The highest BCUT2D eigenvalue weighted by atomic mass is 16.6. The van der Waals surface area contributed by atoms with E-state index in [-0.39, 0.29) is 11.6 Å². The lowest BCUT2D eigenvalue weighted by Crippen LogP contribution is -2.41. The van der Waals surface area contributed by atoms with E-state index < -0.39 is 0 Å². The molecule has 3 N–H and O–H groups in total. The van der Waals surface area contributed by atoms with Gasteiger partial charge in [0.25, 0.3) is 0 Å². The number of fused-ring (bicyclic) bond motifs is 1. The predicted molar refractivity (Wildman–Crippen MR) is 80.8 cm³/mol. The maximum absolute atomic E-state index is 5.93. The molecular formula is C16H24N2O3. The number of benzene rings is 1. The summed E-state index contributed by atoms with van der Waals surface area (Å²) in [6, 6.07) is 6.14. The molecule has 0 saturated carbocycles. The minimum absolute atomic E-state index is 0.0682. The Bertz CT molecular complexity index is 486. The number of nitrogens with two attached hydrogens (primary N) is 1. The highest BCUT2D eigenvalue weighted by Crippen LogP contribution is 2.33. The van der Waals surface area contributed by atoms with Gasteiger partial charge in [-0.1, -0.05) is 6.07 Å². The van der Waals surface area contributed by atoms with E-state index in [1.165, 1.54) is 0 Å². The minimum atomic E-state index is -0.0682. The first-order valence-corrected chi connectivity index (χ1v) is 7.67. The molecule has 116 valence electrons. The second kappa shape index (κ2) is 6.22. The molecular weight excluding hydrogens is 268 g/mol. The Balaban J connectivity index is 1.68. The van der Waals surface area contributed by atoms with Crippen molar-refractivity contribution in [1.82, 2.24) is 5.32 Å². The summed E-state index contributed by atoms with van der Waals surface area (Å²) in [7, 11) is 0. The van der Waals surface area contributed by atoms with Gasteiger partial charge < -0.3 is 25.3 Å². The molecule has 0 radical (unpaired) electrons. The summed E-state index contributed by atoms with van der Waals surface area (Å²) < 4.78 is 17.0. The fourth-order valence-corrected chi connectivity index (χ4v) is 2.93. The molecule has 1 aromatic carbocycles. The van der Waals surface area contributed by atoms with E-state index >= 15 is 0 Å². The predicted octanol–water partition coefficient (Wildman–Crippen LogP) is 1.62. The summed E-state index contributed by atoms with van der Waals surface area (Å²) in [5.41, 5.74) is 6.99. The van der Waals surface area contributed by atoms with Crippen molar-refractivity contribution in [1.29, 1.82) is 0 Å². The van der Waals surface area contributed by atoms with Crippen LogP contribution in [0, 0.1) is 0 Å². The van der Waals surface area contributed by atoms with Crippen molar-refractivity contribution < 1.29 is 14.2 Å². The van der Waals surface area contributed by atoms with Crippen LogP contribution in [0.2, 0.25) is 0 Å². The Morgan fingerprint density at radius 1 is 1.24 bits per heavy atom. The van der Waals surface area contributed by atoms with Gasteiger partial charge in [-0.15, -0.1) is 0 Å². The van der Waals surface area contributed by atoms with Gasteiger partial charge in [-0.05, 0) is 37.5 Å². The van der Waals surface area contributed by atoms with Crippen molar-refractivity contribution in [3.8, 4) is 11.5 Å². The van der Waals surface area contributed by atoms with Crippen molar-refractivity contribution in [3.05, 3.63) is 23.8 Å². The van der Waals surface area contributed by atoms with Gasteiger partial charge in [0, 0.05) is 25.7 Å². The van der Waals surface area contributed by atoms with Gasteiger partial charge in [0.1, 0.15) is 13.2 Å². The average Bonchev–Trinajstić information content (AvgIpc) is 2.95. The van der Waals surface area contributed by atoms with Crippen LogP contribution in [0.3, 0.4) is 0 Å². The summed E-state index contributed by atoms with van der Waals surface area (Å²) in [6.45, 7) is 5.57. The fourth-order valence-electron chi connectivity index (χ4n) is 2.93. The molecule has 2 atom stereocenters. The molecule has 2 heterocycles. The second-order valence-electron chi connectivity index (χ2n) is 5.97. The van der Waals surface area contributed by atoms with Gasteiger partial charge in [0.05, 0.1) is 5.60 Å². The Labute approximate surface area is 125 Å². The minimum Gasteiger partial charge on any atom is -0.486 e. The third kappa shape index (κ3) is 3.31. The lowest BCUT2D eigenvalue weighted by Gasteiger charge is -2.28. The van der Waals surface area contributed by atoms with Crippen molar-refractivity contribution in [2.45, 2.75) is 31.4 Å². The van der Waals surface area contributed by atoms with Crippen LogP contribution in [0.1, 0.15) is 31.4 Å². The van der Waals surface area contributed by atoms with E-state index in [1.54, 1.807) is 0 Å². The summed E-state index contributed by atoms with van der Waals surface area (Å²) in [5.74, 6) is 1.62. The molecule has 2 unspecified atom stereocenters. The van der Waals surface area contributed by atoms with E-state index in [1.807, 2.05) is 12.1 Å². The number of hydrogen-bond acceptors (Lipinski definition) is 5. The summed E-state index contributed by atoms with van der Waals surface area (Å²) in [5, 5.41) is 3.53. The molecule has 5 nitrogen and oxygen atoms in total. The first-order chi connectivity index (χ1) is 10.2. The lowest BCUT2D eigenvalue weighted by atomic mass is 10.0. The molecule has 21 heavy (non-hydrogen) atoms. The molecule has 0 amide bonds. The van der Waals surface area contributed by atoms with E-state index in [0.29, 0.717) is 19.8 Å². The first kappa shape index (κ1) is 14.6. The third-order valence-electron chi connectivity index (χ3n) is 4.23. The molecule has 3 rings (SSSR count). The molecule has 5 heteroatoms. The fraction of sp³-hybridized carbons (Fsp3) is 0.625. The summed E-state index contributed by atoms with van der Waals surface area (Å²) in [6.07, 6.45) is 2.23. The normalized spacial score (nSPS) is 25.8. The van der Waals surface area contributed by atoms with Crippen molar-refractivity contribution in [3.63, 3.8) is 0 Å². The Morgan fingerprint density at radius 2 is 2.05 bits per heavy atom. The summed E-state index contributed by atoms with van der Waals surface area (Å²) in [4.78, 5) is 0. The van der Waals surface area contributed by atoms with Gasteiger partial charge in [0.15, 0.2) is 11.5 Å². The molecule has 0 bridgehead atoms. The lowest BCUT2D eigenvalue weighted by molar-refractivity contribution is 0.0189. The molecule has 2 aliphatic rings. The molecule has 0 spiro atoms. The monoisotopic (exact) mass is 292 g/mol. The average molecular weight is 292 g/mol. The second-order valence-corrected chi connectivity index (χ2v) is 5.97. The highest BCUT2D eigenvalue weighted by molar-refractivity contribution is 5.44. The van der Waals surface area contributed by atoms with Crippen LogP contribution in [0.4, 0.5) is 0 Å². The maximum atomic E-state index is 5.93. The summed E-state index contributed by atoms with van der Waals surface area (Å²) >= 11 is 0. The van der Waals surface area contributed by atoms with Gasteiger partial charge >= 0.3 is 0 Å². The van der Waals surface area contributed by atoms with Gasteiger partial charge in [-0.2, -0.15) is 0 Å². The van der Waals surface area contributed by atoms with Crippen molar-refractivity contribution in [2.24, 2.45) is 5.73 Å². The van der Waals surface area contributed by atoms with E-state index in [9.17, 15) is 0 Å². The SMILES string of the molecule is CC1(CNC(CN)c2ccc3c(c2)OCCO3)CCCO1. The first-order valence-electron chi connectivity index (χ1n) is 7.67. The Hall–Kier alpha value is -1.30. The zero-order chi connectivity index (χ0) is 14.7. The van der Waals surface area contributed by atoms with Crippen molar-refractivity contribution >= 4 is 0 Å². The molecule has 1 fully saturated rings. The van der Waals surface area contributed by atoms with Gasteiger partial charge in [-0.25, -0.2) is 0 Å². The quantitative estimate of drug-likeness (QED) is 0.863. The number of nitrogens with one attached hydrogen (secondary N) is 1. The Kier molecular flexibility index (Phi) is 4.33. The van der Waals surface area contributed by atoms with E-state index in [0.717, 1.165) is 43.1 Å². The van der Waals surface area contributed by atoms with Crippen LogP contribution in [0.15, 0.2) is 18.2 Å². The number of rotatable bonds is 5. The molecule has 2 aliphatic heterocycles. The molecule has 0 aliphatic carbocycles. The number of hydrogen-bond donors (Lipinski definition) is 2. The molecule has 1 saturated heterocycles. The topological polar surface area (TPSA) is 65.7 Å². The van der Waals surface area contributed by atoms with E-state index in [4.69, 9.17) is 19.9 Å². The Morgan fingerprint density at radius 3 is 2.76 bits per heavy atom. The van der Waals surface area contributed by atoms with Crippen LogP contribution >= 0.6 is 0 Å². The van der Waals surface area contributed by atoms with Crippen LogP contribution in [0.25, 0.3) is 0 Å². The zero-order valence-corrected chi connectivity index (χ0v) is 12.6. The van der Waals surface area contributed by atoms with Gasteiger partial charge in [-0.3, -0.25) is 0 Å². The third-order valence-corrected chi connectivity index (χ3v) is 4.23. The van der Waals surface area contributed by atoms with Gasteiger partial charge in [0.2, 0.25) is 0 Å². The molecule has 0 aromatic heterocycles. The molecule has 1 aromatic rings. The van der Waals surface area contributed by atoms with E-state index in [2.05, 4.69) is 18.3 Å². The van der Waals surface area contributed by atoms with Crippen LogP contribution in [-0.2, 0) is 4.74 Å². The highest BCUT2D eigenvalue weighted by Gasteiger charge is 2.30. The number of ether oxygens (including phenoxy) is 3.